The standard InChI is InChI=1S/C23H17BrF6O3/c24-10-23(11-31-20-4-14(25)1-15(26)5-20,12-32-21-6-16(27)2-17(28)7-21)13-33-22-8-18(29)3-19(30)9-22/h1-9H,10-13H2. The van der Waals surface area contributed by atoms with E-state index in [9.17, 15) is 26.3 Å². The first kappa shape index (κ1) is 24.8. The molecule has 0 aromatic heterocycles. The fourth-order valence-electron chi connectivity index (χ4n) is 2.79. The van der Waals surface area contributed by atoms with Crippen molar-refractivity contribution in [2.45, 2.75) is 0 Å². The first-order valence-corrected chi connectivity index (χ1v) is 10.6. The van der Waals surface area contributed by atoms with Crippen molar-refractivity contribution in [3.8, 4) is 17.2 Å². The lowest BCUT2D eigenvalue weighted by Crippen LogP contribution is -2.42. The molecule has 0 amide bonds. The van der Waals surface area contributed by atoms with E-state index in [0.29, 0.717) is 18.2 Å². The van der Waals surface area contributed by atoms with Crippen LogP contribution >= 0.6 is 15.9 Å². The Hall–Kier alpha value is -2.88. The highest BCUT2D eigenvalue weighted by Gasteiger charge is 2.33. The average Bonchev–Trinajstić information content (AvgIpc) is 2.72. The Morgan fingerprint density at radius 3 is 0.939 bits per heavy atom. The van der Waals surface area contributed by atoms with Crippen molar-refractivity contribution in [3.63, 3.8) is 0 Å². The lowest BCUT2D eigenvalue weighted by Gasteiger charge is -2.31. The van der Waals surface area contributed by atoms with E-state index in [1.807, 2.05) is 0 Å². The van der Waals surface area contributed by atoms with Crippen molar-refractivity contribution >= 4 is 15.9 Å². The summed E-state index contributed by atoms with van der Waals surface area (Å²) in [5.74, 6) is -5.48. The van der Waals surface area contributed by atoms with Gasteiger partial charge in [-0.05, 0) is 0 Å². The summed E-state index contributed by atoms with van der Waals surface area (Å²) in [7, 11) is 0. The molecule has 0 saturated carbocycles. The molecule has 0 N–H and O–H groups in total. The zero-order chi connectivity index (χ0) is 24.0. The molecular formula is C23H17BrF6O3. The second kappa shape index (κ2) is 10.8. The Morgan fingerprint density at radius 1 is 0.485 bits per heavy atom. The van der Waals surface area contributed by atoms with Gasteiger partial charge in [0.1, 0.15) is 72.0 Å². The molecule has 3 aromatic carbocycles. The van der Waals surface area contributed by atoms with Gasteiger partial charge in [0, 0.05) is 59.9 Å². The molecule has 10 heteroatoms. The van der Waals surface area contributed by atoms with Crippen LogP contribution in [-0.2, 0) is 0 Å². The van der Waals surface area contributed by atoms with Gasteiger partial charge in [0.25, 0.3) is 0 Å². The normalized spacial score (nSPS) is 11.4. The Morgan fingerprint density at radius 2 is 0.727 bits per heavy atom. The molecule has 0 heterocycles. The molecule has 0 unspecified atom stereocenters. The van der Waals surface area contributed by atoms with Gasteiger partial charge in [-0.15, -0.1) is 0 Å². The van der Waals surface area contributed by atoms with Gasteiger partial charge in [-0.3, -0.25) is 0 Å². The average molecular weight is 535 g/mol. The van der Waals surface area contributed by atoms with Crippen molar-refractivity contribution < 1.29 is 40.6 Å². The van der Waals surface area contributed by atoms with Crippen LogP contribution in [0.3, 0.4) is 0 Å². The van der Waals surface area contributed by atoms with E-state index in [2.05, 4.69) is 15.9 Å². The monoisotopic (exact) mass is 534 g/mol. The van der Waals surface area contributed by atoms with Gasteiger partial charge < -0.3 is 14.2 Å². The molecule has 0 atom stereocenters. The first-order chi connectivity index (χ1) is 15.7. The second-order valence-electron chi connectivity index (χ2n) is 7.32. The van der Waals surface area contributed by atoms with Crippen LogP contribution in [0.25, 0.3) is 0 Å². The number of ether oxygens (including phenoxy) is 3. The molecule has 0 radical (unpaired) electrons. The number of hydrogen-bond acceptors (Lipinski definition) is 3. The molecule has 33 heavy (non-hydrogen) atoms. The molecular weight excluding hydrogens is 518 g/mol. The number of rotatable bonds is 10. The molecule has 0 aliphatic carbocycles. The molecule has 176 valence electrons. The Balaban J connectivity index is 1.81. The van der Waals surface area contributed by atoms with E-state index in [0.717, 1.165) is 36.4 Å². The zero-order valence-corrected chi connectivity index (χ0v) is 18.5. The summed E-state index contributed by atoms with van der Waals surface area (Å²) in [6.45, 7) is -0.718. The number of alkyl halides is 1. The van der Waals surface area contributed by atoms with Crippen molar-refractivity contribution in [1.29, 1.82) is 0 Å². The van der Waals surface area contributed by atoms with Crippen molar-refractivity contribution in [2.24, 2.45) is 5.41 Å². The minimum atomic E-state index is -1.12. The highest BCUT2D eigenvalue weighted by Crippen LogP contribution is 2.28. The van der Waals surface area contributed by atoms with Gasteiger partial charge >= 0.3 is 0 Å². The maximum atomic E-state index is 13.5. The zero-order valence-electron chi connectivity index (χ0n) is 16.9. The van der Waals surface area contributed by atoms with Gasteiger partial charge in [0.15, 0.2) is 0 Å². The van der Waals surface area contributed by atoms with Crippen molar-refractivity contribution in [2.75, 3.05) is 25.2 Å². The number of benzene rings is 3. The van der Waals surface area contributed by atoms with Gasteiger partial charge in [-0.2, -0.15) is 0 Å². The third-order valence-corrected chi connectivity index (χ3v) is 5.62. The molecule has 0 saturated heterocycles. The Labute approximate surface area is 194 Å². The summed E-state index contributed by atoms with van der Waals surface area (Å²) in [6, 6.07) is 7.82. The maximum absolute atomic E-state index is 13.5. The third kappa shape index (κ3) is 7.31. The van der Waals surface area contributed by atoms with E-state index >= 15 is 0 Å². The van der Waals surface area contributed by atoms with E-state index < -0.39 is 40.3 Å². The summed E-state index contributed by atoms with van der Waals surface area (Å²) < 4.78 is 97.6. The summed E-state index contributed by atoms with van der Waals surface area (Å²) >= 11 is 3.30. The van der Waals surface area contributed by atoms with Crippen LogP contribution in [0.5, 0.6) is 17.2 Å². The van der Waals surface area contributed by atoms with Crippen LogP contribution in [0.1, 0.15) is 0 Å². The summed E-state index contributed by atoms with van der Waals surface area (Å²) in [5.41, 5.74) is -1.12. The van der Waals surface area contributed by atoms with Crippen LogP contribution in [0.4, 0.5) is 26.3 Å². The predicted octanol–water partition coefficient (Wildman–Crippen LogP) is 6.44. The van der Waals surface area contributed by atoms with Crippen LogP contribution in [0.2, 0.25) is 0 Å². The van der Waals surface area contributed by atoms with Gasteiger partial charge in [0.2, 0.25) is 0 Å². The van der Waals surface area contributed by atoms with Crippen LogP contribution in [0, 0.1) is 40.3 Å². The molecule has 0 spiro atoms. The Bertz CT molecular complexity index is 916. The second-order valence-corrected chi connectivity index (χ2v) is 7.88. The van der Waals surface area contributed by atoms with Gasteiger partial charge in [-0.25, -0.2) is 26.3 Å². The quantitative estimate of drug-likeness (QED) is 0.221. The predicted molar refractivity (Wildman–Crippen MR) is 112 cm³/mol. The fourth-order valence-corrected chi connectivity index (χ4v) is 3.27. The number of hydrogen-bond donors (Lipinski definition) is 0. The van der Waals surface area contributed by atoms with Crippen molar-refractivity contribution in [1.82, 2.24) is 0 Å². The molecule has 3 aromatic rings. The molecule has 3 nitrogen and oxygen atoms in total. The minimum absolute atomic E-state index is 0.118. The van der Waals surface area contributed by atoms with Gasteiger partial charge in [-0.1, -0.05) is 15.9 Å². The van der Waals surface area contributed by atoms with Gasteiger partial charge in [0.05, 0.1) is 5.41 Å². The highest BCUT2D eigenvalue weighted by atomic mass is 79.9. The van der Waals surface area contributed by atoms with E-state index in [1.165, 1.54) is 0 Å². The molecule has 0 aliphatic rings. The third-order valence-electron chi connectivity index (χ3n) is 4.43. The summed E-state index contributed by atoms with van der Waals surface area (Å²) in [5, 5.41) is 0.118. The summed E-state index contributed by atoms with van der Waals surface area (Å²) in [6.07, 6.45) is 0. The summed E-state index contributed by atoms with van der Waals surface area (Å²) in [4.78, 5) is 0. The molecule has 0 fully saturated rings. The van der Waals surface area contributed by atoms with E-state index in [-0.39, 0.29) is 42.4 Å². The van der Waals surface area contributed by atoms with E-state index in [1.54, 1.807) is 0 Å². The SMILES string of the molecule is Fc1cc(F)cc(OCC(CBr)(COc2cc(F)cc(F)c2)COc2cc(F)cc(F)c2)c1. The highest BCUT2D eigenvalue weighted by molar-refractivity contribution is 9.09. The van der Waals surface area contributed by atoms with E-state index in [4.69, 9.17) is 14.2 Å². The lowest BCUT2D eigenvalue weighted by atomic mass is 9.94. The van der Waals surface area contributed by atoms with Crippen LogP contribution in [-0.4, -0.2) is 25.2 Å². The molecule has 0 bridgehead atoms. The maximum Gasteiger partial charge on any atom is 0.129 e. The smallest absolute Gasteiger partial charge is 0.129 e. The minimum Gasteiger partial charge on any atom is -0.492 e. The fraction of sp³-hybridized carbons (Fsp3) is 0.217. The lowest BCUT2D eigenvalue weighted by molar-refractivity contribution is 0.0514. The largest absolute Gasteiger partial charge is 0.492 e. The van der Waals surface area contributed by atoms with Crippen LogP contribution in [0.15, 0.2) is 54.6 Å². The van der Waals surface area contributed by atoms with Crippen LogP contribution < -0.4 is 14.2 Å². The van der Waals surface area contributed by atoms with Crippen molar-refractivity contribution in [3.05, 3.63) is 89.5 Å². The number of halogens is 7. The molecule has 0 aliphatic heterocycles. The first-order valence-electron chi connectivity index (χ1n) is 9.49. The Kier molecular flexibility index (Phi) is 8.12. The topological polar surface area (TPSA) is 27.7 Å². The molecule has 3 rings (SSSR count).